The van der Waals surface area contributed by atoms with Crippen LogP contribution >= 0.6 is 11.5 Å². The molecule has 5 nitrogen and oxygen atoms in total. The smallest absolute Gasteiger partial charge is 0.247 e. The summed E-state index contributed by atoms with van der Waals surface area (Å²) in [5.74, 6) is 0.107. The van der Waals surface area contributed by atoms with Gasteiger partial charge in [0.15, 0.2) is 0 Å². The normalized spacial score (nSPS) is 16.5. The lowest BCUT2D eigenvalue weighted by atomic mass is 10.1. The predicted octanol–water partition coefficient (Wildman–Crippen LogP) is 3.88. The number of carbonyl (C=O) groups excluding carboxylic acids is 1. The van der Waals surface area contributed by atoms with Gasteiger partial charge in [-0.1, -0.05) is 42.5 Å². The van der Waals surface area contributed by atoms with Crippen molar-refractivity contribution in [2.75, 3.05) is 16.8 Å². The lowest BCUT2D eigenvalue weighted by molar-refractivity contribution is -0.117. The lowest BCUT2D eigenvalue weighted by Crippen LogP contribution is -2.39. The standard InChI is InChI=1S/C20H19FN4OS/c21-15-9-4-5-10-16(15)22-19(26)17-11-6-12-25(17)20-23-18(24-27-20)13-14-7-2-1-3-8-14/h1-5,7-10,17H,6,11-13H2,(H,22,26). The van der Waals surface area contributed by atoms with Crippen molar-refractivity contribution in [2.24, 2.45) is 0 Å². The molecule has 0 saturated carbocycles. The molecule has 1 atom stereocenters. The number of hydrogen-bond acceptors (Lipinski definition) is 5. The molecule has 27 heavy (non-hydrogen) atoms. The molecular weight excluding hydrogens is 363 g/mol. The number of rotatable bonds is 5. The maximum Gasteiger partial charge on any atom is 0.247 e. The Bertz CT molecular complexity index is 930. The number of nitrogens with zero attached hydrogens (tertiary/aromatic N) is 3. The fraction of sp³-hybridized carbons (Fsp3) is 0.250. The Balaban J connectivity index is 1.47. The van der Waals surface area contributed by atoms with Crippen LogP contribution in [-0.4, -0.2) is 27.9 Å². The summed E-state index contributed by atoms with van der Waals surface area (Å²) in [6.45, 7) is 0.745. The Labute approximate surface area is 161 Å². The first kappa shape index (κ1) is 17.6. The highest BCUT2D eigenvalue weighted by molar-refractivity contribution is 7.09. The first-order valence-corrected chi connectivity index (χ1v) is 9.66. The van der Waals surface area contributed by atoms with Gasteiger partial charge < -0.3 is 10.2 Å². The third kappa shape index (κ3) is 3.98. The largest absolute Gasteiger partial charge is 0.335 e. The van der Waals surface area contributed by atoms with Crippen molar-refractivity contribution in [2.45, 2.75) is 25.3 Å². The van der Waals surface area contributed by atoms with E-state index in [0.717, 1.165) is 29.5 Å². The van der Waals surface area contributed by atoms with Gasteiger partial charge in [-0.3, -0.25) is 4.79 Å². The molecule has 2 aromatic carbocycles. The summed E-state index contributed by atoms with van der Waals surface area (Å²) in [5, 5.41) is 3.44. The van der Waals surface area contributed by atoms with Crippen molar-refractivity contribution in [1.29, 1.82) is 0 Å². The van der Waals surface area contributed by atoms with Gasteiger partial charge in [0.2, 0.25) is 11.0 Å². The molecule has 0 bridgehead atoms. The van der Waals surface area contributed by atoms with Gasteiger partial charge in [0, 0.05) is 24.5 Å². The molecule has 1 unspecified atom stereocenters. The van der Waals surface area contributed by atoms with E-state index >= 15 is 0 Å². The SMILES string of the molecule is O=C(Nc1ccccc1F)C1CCCN1c1nc(Cc2ccccc2)ns1. The fourth-order valence-corrected chi connectivity index (χ4v) is 4.02. The maximum atomic E-state index is 13.8. The first-order chi connectivity index (χ1) is 13.2. The highest BCUT2D eigenvalue weighted by atomic mass is 32.1. The Kier molecular flexibility index (Phi) is 5.11. The molecule has 138 valence electrons. The van der Waals surface area contributed by atoms with E-state index in [0.29, 0.717) is 12.8 Å². The quantitative estimate of drug-likeness (QED) is 0.728. The third-order valence-corrected chi connectivity index (χ3v) is 5.39. The number of halogens is 1. The third-order valence-electron chi connectivity index (χ3n) is 4.60. The van der Waals surface area contributed by atoms with Crippen molar-refractivity contribution in [3.63, 3.8) is 0 Å². The summed E-state index contributed by atoms with van der Waals surface area (Å²) in [6, 6.07) is 15.9. The topological polar surface area (TPSA) is 58.1 Å². The van der Waals surface area contributed by atoms with Crippen LogP contribution in [0, 0.1) is 5.82 Å². The second-order valence-corrected chi connectivity index (χ2v) is 7.21. The number of benzene rings is 2. The zero-order valence-corrected chi connectivity index (χ0v) is 15.5. The number of aromatic nitrogens is 2. The van der Waals surface area contributed by atoms with Gasteiger partial charge in [-0.2, -0.15) is 4.37 Å². The molecule has 0 aliphatic carbocycles. The van der Waals surface area contributed by atoms with Crippen LogP contribution in [0.4, 0.5) is 15.2 Å². The van der Waals surface area contributed by atoms with Crippen LogP contribution in [0.15, 0.2) is 54.6 Å². The van der Waals surface area contributed by atoms with Crippen LogP contribution in [0.2, 0.25) is 0 Å². The van der Waals surface area contributed by atoms with Crippen LogP contribution in [0.5, 0.6) is 0 Å². The highest BCUT2D eigenvalue weighted by Crippen LogP contribution is 2.28. The molecule has 7 heteroatoms. The molecule has 0 radical (unpaired) electrons. The zero-order valence-electron chi connectivity index (χ0n) is 14.6. The Morgan fingerprint density at radius 2 is 1.96 bits per heavy atom. The van der Waals surface area contributed by atoms with Crippen molar-refractivity contribution in [1.82, 2.24) is 9.36 Å². The molecular formula is C20H19FN4OS. The van der Waals surface area contributed by atoms with Crippen LogP contribution in [0.3, 0.4) is 0 Å². The summed E-state index contributed by atoms with van der Waals surface area (Å²) in [5.41, 5.74) is 1.36. The summed E-state index contributed by atoms with van der Waals surface area (Å²) < 4.78 is 18.3. The minimum atomic E-state index is -0.434. The number of carbonyl (C=O) groups is 1. The average Bonchev–Trinajstić information content (AvgIpc) is 3.33. The molecule has 1 N–H and O–H groups in total. The minimum Gasteiger partial charge on any atom is -0.335 e. The van der Waals surface area contributed by atoms with Crippen molar-refractivity contribution in [3.05, 3.63) is 71.8 Å². The lowest BCUT2D eigenvalue weighted by Gasteiger charge is -2.22. The van der Waals surface area contributed by atoms with Gasteiger partial charge in [0.1, 0.15) is 17.7 Å². The van der Waals surface area contributed by atoms with Gasteiger partial charge in [-0.25, -0.2) is 9.37 Å². The van der Waals surface area contributed by atoms with Crippen LogP contribution < -0.4 is 10.2 Å². The molecule has 1 aliphatic rings. The molecule has 4 rings (SSSR count). The van der Waals surface area contributed by atoms with E-state index in [2.05, 4.69) is 14.7 Å². The minimum absolute atomic E-state index is 0.205. The van der Waals surface area contributed by atoms with Gasteiger partial charge in [-0.15, -0.1) is 0 Å². The molecule has 3 aromatic rings. The molecule has 1 aliphatic heterocycles. The van der Waals surface area contributed by atoms with Crippen LogP contribution in [0.25, 0.3) is 0 Å². The summed E-state index contributed by atoms with van der Waals surface area (Å²) in [7, 11) is 0. The molecule has 0 spiro atoms. The fourth-order valence-electron chi connectivity index (χ4n) is 3.26. The van der Waals surface area contributed by atoms with Crippen molar-refractivity contribution in [3.8, 4) is 0 Å². The second-order valence-electron chi connectivity index (χ2n) is 6.48. The van der Waals surface area contributed by atoms with Gasteiger partial charge >= 0.3 is 0 Å². The zero-order chi connectivity index (χ0) is 18.6. The van der Waals surface area contributed by atoms with E-state index in [1.54, 1.807) is 18.2 Å². The molecule has 1 amide bonds. The maximum absolute atomic E-state index is 13.8. The van der Waals surface area contributed by atoms with E-state index < -0.39 is 5.82 Å². The van der Waals surface area contributed by atoms with E-state index in [4.69, 9.17) is 0 Å². The van der Waals surface area contributed by atoms with E-state index in [1.165, 1.54) is 17.6 Å². The number of hydrogen-bond donors (Lipinski definition) is 1. The van der Waals surface area contributed by atoms with Crippen LogP contribution in [-0.2, 0) is 11.2 Å². The number of para-hydroxylation sites is 1. The Morgan fingerprint density at radius 1 is 1.19 bits per heavy atom. The van der Waals surface area contributed by atoms with E-state index in [-0.39, 0.29) is 17.6 Å². The molecule has 1 aromatic heterocycles. The number of amides is 1. The summed E-state index contributed by atoms with van der Waals surface area (Å²) >= 11 is 1.31. The monoisotopic (exact) mass is 382 g/mol. The van der Waals surface area contributed by atoms with Crippen molar-refractivity contribution >= 4 is 28.3 Å². The highest BCUT2D eigenvalue weighted by Gasteiger charge is 2.33. The van der Waals surface area contributed by atoms with E-state index in [1.807, 2.05) is 35.2 Å². The van der Waals surface area contributed by atoms with Crippen molar-refractivity contribution < 1.29 is 9.18 Å². The van der Waals surface area contributed by atoms with Gasteiger partial charge in [0.05, 0.1) is 5.69 Å². The van der Waals surface area contributed by atoms with E-state index in [9.17, 15) is 9.18 Å². The van der Waals surface area contributed by atoms with Crippen LogP contribution in [0.1, 0.15) is 24.2 Å². The average molecular weight is 382 g/mol. The number of anilines is 2. The Morgan fingerprint density at radius 3 is 2.78 bits per heavy atom. The second kappa shape index (κ2) is 7.84. The summed E-state index contributed by atoms with van der Waals surface area (Å²) in [4.78, 5) is 19.3. The predicted molar refractivity (Wildman–Crippen MR) is 105 cm³/mol. The molecule has 1 saturated heterocycles. The summed E-state index contributed by atoms with van der Waals surface area (Å²) in [6.07, 6.45) is 2.27. The number of nitrogens with one attached hydrogen (secondary N) is 1. The molecule has 1 fully saturated rings. The van der Waals surface area contributed by atoms with Gasteiger partial charge in [0.25, 0.3) is 0 Å². The van der Waals surface area contributed by atoms with Gasteiger partial charge in [-0.05, 0) is 30.5 Å². The first-order valence-electron chi connectivity index (χ1n) is 8.89. The molecule has 2 heterocycles. The Hall–Kier alpha value is -2.80.